The van der Waals surface area contributed by atoms with E-state index < -0.39 is 0 Å². The first-order valence-electron chi connectivity index (χ1n) is 50.4. The molecule has 13 nitrogen and oxygen atoms in total. The van der Waals surface area contributed by atoms with Crippen molar-refractivity contribution in [1.29, 1.82) is 0 Å². The average Bonchev–Trinajstić information content (AvgIpc) is 1.56. The topological polar surface area (TPSA) is 144 Å². The van der Waals surface area contributed by atoms with E-state index in [0.29, 0.717) is 29.5 Å². The van der Waals surface area contributed by atoms with E-state index in [1.807, 2.05) is 72.8 Å². The molecule has 0 atom stereocenters. The summed E-state index contributed by atoms with van der Waals surface area (Å²) < 4.78 is 26.2. The Morgan fingerprint density at radius 2 is 0.367 bits per heavy atom. The summed E-state index contributed by atoms with van der Waals surface area (Å²) >= 11 is 0. The summed E-state index contributed by atoms with van der Waals surface area (Å²) in [5.41, 5.74) is 34.5. The molecule has 0 bridgehead atoms. The van der Waals surface area contributed by atoms with Gasteiger partial charge in [-0.25, -0.2) is 24.9 Å². The van der Waals surface area contributed by atoms with Gasteiger partial charge in [0.25, 0.3) is 0 Å². The fourth-order valence-electron chi connectivity index (χ4n) is 21.5. The molecule has 30 aromatic rings. The number of furan rings is 3. The largest absolute Gasteiger partial charge is 0.455 e. The van der Waals surface area contributed by atoms with Crippen LogP contribution in [0.4, 0.5) is 0 Å². The van der Waals surface area contributed by atoms with Gasteiger partial charge in [-0.2, -0.15) is 9.97 Å². The maximum absolute atomic E-state index is 6.62. The van der Waals surface area contributed by atoms with Gasteiger partial charge in [-0.05, 0) is 146 Å². The van der Waals surface area contributed by atoms with E-state index in [2.05, 4.69) is 463 Å². The quantitative estimate of drug-likeness (QED) is 0.0972. The Kier molecular flexibility index (Phi) is 21.6. The highest BCUT2D eigenvalue weighted by molar-refractivity contribution is 6.26. The molecule has 0 saturated heterocycles. The average molecular weight is 1920 g/mol. The number of hydrogen-bond donors (Lipinski definition) is 0. The molecule has 0 aliphatic heterocycles. The van der Waals surface area contributed by atoms with Crippen molar-refractivity contribution in [3.05, 3.63) is 522 Å². The number of hydrogen-bond acceptors (Lipinski definition) is 10. The van der Waals surface area contributed by atoms with Gasteiger partial charge in [0.05, 0.1) is 61.1 Å². The van der Waals surface area contributed by atoms with Crippen molar-refractivity contribution in [2.24, 2.45) is 0 Å². The molecule has 9 aromatic heterocycles. The lowest BCUT2D eigenvalue weighted by molar-refractivity contribution is 0.670. The highest BCUT2D eigenvalue weighted by Crippen LogP contribution is 2.47. The second-order valence-electron chi connectivity index (χ2n) is 37.7. The van der Waals surface area contributed by atoms with Crippen LogP contribution in [0.25, 0.3) is 284 Å². The van der Waals surface area contributed by atoms with Gasteiger partial charge in [0.1, 0.15) is 33.4 Å². The van der Waals surface area contributed by atoms with Crippen LogP contribution in [0.5, 0.6) is 0 Å². The van der Waals surface area contributed by atoms with E-state index in [-0.39, 0.29) is 0 Å². The first kappa shape index (κ1) is 87.4. The molecule has 150 heavy (non-hydrogen) atoms. The zero-order valence-electron chi connectivity index (χ0n) is 80.8. The predicted octanol–water partition coefficient (Wildman–Crippen LogP) is 35.8. The van der Waals surface area contributed by atoms with Crippen molar-refractivity contribution in [2.45, 2.75) is 0 Å². The maximum atomic E-state index is 6.62. The van der Waals surface area contributed by atoms with Gasteiger partial charge in [-0.15, -0.1) is 0 Å². The number of benzene rings is 21. The van der Waals surface area contributed by atoms with Crippen LogP contribution in [-0.2, 0) is 0 Å². The van der Waals surface area contributed by atoms with Gasteiger partial charge in [-0.1, -0.05) is 443 Å². The van der Waals surface area contributed by atoms with Crippen molar-refractivity contribution in [3.8, 4) is 152 Å². The zero-order chi connectivity index (χ0) is 99.1. The molecule has 13 heteroatoms. The third kappa shape index (κ3) is 15.7. The van der Waals surface area contributed by atoms with E-state index in [1.54, 1.807) is 0 Å². The molecule has 0 aliphatic carbocycles. The van der Waals surface area contributed by atoms with Crippen molar-refractivity contribution < 1.29 is 13.3 Å². The molecule has 0 spiro atoms. The molecule has 9 heterocycles. The van der Waals surface area contributed by atoms with Crippen LogP contribution in [0.1, 0.15) is 0 Å². The summed E-state index contributed by atoms with van der Waals surface area (Å²) in [6.07, 6.45) is 0. The van der Waals surface area contributed by atoms with E-state index in [0.717, 1.165) is 232 Å². The maximum Gasteiger partial charge on any atom is 0.238 e. The van der Waals surface area contributed by atoms with Crippen LogP contribution in [0.3, 0.4) is 0 Å². The van der Waals surface area contributed by atoms with Crippen molar-refractivity contribution in [2.75, 3.05) is 0 Å². The van der Waals surface area contributed by atoms with E-state index in [9.17, 15) is 0 Å². The molecule has 0 N–H and O–H groups in total. The first-order valence-corrected chi connectivity index (χ1v) is 50.4. The van der Waals surface area contributed by atoms with E-state index in [1.165, 1.54) is 22.3 Å². The lowest BCUT2D eigenvalue weighted by Gasteiger charge is -2.12. The third-order valence-corrected chi connectivity index (χ3v) is 28.8. The number of para-hydroxylation sites is 6. The van der Waals surface area contributed by atoms with Gasteiger partial charge in [0.2, 0.25) is 17.8 Å². The van der Waals surface area contributed by atoms with Gasteiger partial charge < -0.3 is 13.3 Å². The molecule has 0 radical (unpaired) electrons. The minimum atomic E-state index is 0.547. The summed E-state index contributed by atoms with van der Waals surface area (Å²) in [6, 6.07) is 181. The highest BCUT2D eigenvalue weighted by Gasteiger charge is 2.28. The van der Waals surface area contributed by atoms with E-state index >= 15 is 0 Å². The Labute approximate surface area is 861 Å². The smallest absolute Gasteiger partial charge is 0.238 e. The minimum Gasteiger partial charge on any atom is -0.455 e. The molecular formula is C137H86N10O3. The van der Waals surface area contributed by atoms with E-state index in [4.69, 9.17) is 48.1 Å². The zero-order valence-corrected chi connectivity index (χ0v) is 80.8. The SMILES string of the molecule is c1ccc(-c2ccc(-c3cc(-c4ccc(-c5ccccc5)cc4)nc(-n4c5ccccc5c5c6oc7ccccc7c6ccc54)n3)cc2)cc1.c1ccc(-c2ccc(-c3cc(-c4ccc(-c5ccccc5)cc4)nc(-n4c5ccccc5c5ccc6c7ccccc7oc6c54)n3)cc2)cc1.c1ccc(-c2ccc(-c3nc(-c4ccc(-c5ccccc5)cc4)nc(-n4c5ccccc5c5c6oc7ccccc7c6ccc54)n3)cc2)cc1. The highest BCUT2D eigenvalue weighted by atomic mass is 16.3. The second kappa shape index (κ2) is 37.1. The van der Waals surface area contributed by atoms with Crippen LogP contribution in [0.15, 0.2) is 535 Å². The number of aromatic nitrogens is 10. The van der Waals surface area contributed by atoms with Crippen LogP contribution < -0.4 is 0 Å². The van der Waals surface area contributed by atoms with Crippen LogP contribution in [0.2, 0.25) is 0 Å². The number of fused-ring (bicyclic) bond motifs is 21. The minimum absolute atomic E-state index is 0.547. The molecule has 0 aliphatic rings. The Balaban J connectivity index is 0.000000108. The Bertz CT molecular complexity index is 9680. The third-order valence-electron chi connectivity index (χ3n) is 28.8. The summed E-state index contributed by atoms with van der Waals surface area (Å²) in [7, 11) is 0. The summed E-state index contributed by atoms with van der Waals surface area (Å²) in [5.74, 6) is 2.96. The molecule has 0 amide bonds. The molecule has 702 valence electrons. The van der Waals surface area contributed by atoms with Crippen molar-refractivity contribution in [1.82, 2.24) is 48.6 Å². The second-order valence-corrected chi connectivity index (χ2v) is 37.7. The molecule has 21 aromatic carbocycles. The fourth-order valence-corrected chi connectivity index (χ4v) is 21.5. The Hall–Kier alpha value is -20.4. The number of rotatable bonds is 15. The fraction of sp³-hybridized carbons (Fsp3) is 0. The van der Waals surface area contributed by atoms with Gasteiger partial charge in [-0.3, -0.25) is 13.7 Å². The Morgan fingerprint density at radius 1 is 0.140 bits per heavy atom. The summed E-state index contributed by atoms with van der Waals surface area (Å²) in [4.78, 5) is 36.6. The predicted molar refractivity (Wildman–Crippen MR) is 614 cm³/mol. The Morgan fingerprint density at radius 3 is 0.693 bits per heavy atom. The van der Waals surface area contributed by atoms with Crippen molar-refractivity contribution in [3.63, 3.8) is 0 Å². The van der Waals surface area contributed by atoms with Crippen LogP contribution in [0, 0.1) is 0 Å². The lowest BCUT2D eigenvalue weighted by Crippen LogP contribution is -2.06. The summed E-state index contributed by atoms with van der Waals surface area (Å²) in [5, 5.41) is 13.1. The number of nitrogens with zero attached hydrogens (tertiary/aromatic N) is 10. The molecule has 30 rings (SSSR count). The lowest BCUT2D eigenvalue weighted by atomic mass is 10.0. The van der Waals surface area contributed by atoms with Crippen LogP contribution >= 0.6 is 0 Å². The van der Waals surface area contributed by atoms with Gasteiger partial charge >= 0.3 is 0 Å². The molecule has 0 unspecified atom stereocenters. The standard InChI is InChI=1S/2C46H29N3O.C45H28N4O/c1-3-11-30(12-4-1)32-19-23-34(24-20-32)39-29-40(35-25-21-33(22-26-35)31-13-5-2-6-14-31)48-46(47-39)49-41-17-9-7-16-38(41)44-42(49)28-27-37-36-15-8-10-18-43(36)50-45(37)44;1-3-11-30(12-4-1)32-19-23-34(24-20-32)40-29-41(35-25-21-33(22-26-35)31-13-5-2-6-14-31)48-46(47-40)49-42-17-9-7-15-36(42)38-27-28-39-37-16-8-10-18-43(37)50-45(39)44(38)49;1-3-11-29(12-4-1)31-19-23-33(24-20-31)43-46-44(34-25-21-32(22-26-34)30-13-5-2-6-14-30)48-45(47-43)49-38-17-9-7-16-37(38)41-39(49)28-27-36-35-15-8-10-18-40(35)50-42(36)41/h2*1-29H;1-28H. The van der Waals surface area contributed by atoms with Gasteiger partial charge in [0.15, 0.2) is 17.2 Å². The molecule has 0 fully saturated rings. The van der Waals surface area contributed by atoms with Gasteiger partial charge in [0, 0.05) is 87.2 Å². The molecular weight excluding hydrogens is 1830 g/mol. The normalized spacial score (nSPS) is 11.6. The summed E-state index contributed by atoms with van der Waals surface area (Å²) in [6.45, 7) is 0. The van der Waals surface area contributed by atoms with Crippen LogP contribution in [-0.4, -0.2) is 48.6 Å². The monoisotopic (exact) mass is 1920 g/mol. The molecule has 0 saturated carbocycles. The van der Waals surface area contributed by atoms with Crippen molar-refractivity contribution >= 4 is 131 Å². The first-order chi connectivity index (χ1) is 74.3.